The molecule has 0 heterocycles. The molecule has 0 bridgehead atoms. The predicted octanol–water partition coefficient (Wildman–Crippen LogP) is 4.29. The average Bonchev–Trinajstić information content (AvgIpc) is 2.62. The highest BCUT2D eigenvalue weighted by molar-refractivity contribution is 5.98. The Labute approximate surface area is 141 Å². The first-order valence-electron chi connectivity index (χ1n) is 7.86. The van der Waals surface area contributed by atoms with E-state index in [-0.39, 0.29) is 11.9 Å². The van der Waals surface area contributed by atoms with Gasteiger partial charge in [-0.05, 0) is 54.1 Å². The fourth-order valence-electron chi connectivity index (χ4n) is 2.52. The van der Waals surface area contributed by atoms with E-state index < -0.39 is 0 Å². The molecule has 122 valence electrons. The van der Waals surface area contributed by atoms with Crippen LogP contribution in [0.4, 0.5) is 11.4 Å². The van der Waals surface area contributed by atoms with Crippen LogP contribution in [0.5, 0.6) is 5.75 Å². The maximum Gasteiger partial charge on any atom is 0.246 e. The number of hydrogen-bond acceptors (Lipinski definition) is 3. The topological polar surface area (TPSA) is 50.4 Å². The molecule has 24 heavy (non-hydrogen) atoms. The van der Waals surface area contributed by atoms with Gasteiger partial charge in [0.15, 0.2) is 0 Å². The summed E-state index contributed by atoms with van der Waals surface area (Å²) in [5, 5.41) is 8.39. The minimum absolute atomic E-state index is 0.0823. The van der Waals surface area contributed by atoms with Crippen molar-refractivity contribution in [3.63, 3.8) is 0 Å². The first-order valence-corrected chi connectivity index (χ1v) is 7.86. The van der Waals surface area contributed by atoms with Gasteiger partial charge in [-0.2, -0.15) is 0 Å². The van der Waals surface area contributed by atoms with E-state index in [9.17, 15) is 4.79 Å². The number of amides is 1. The lowest BCUT2D eigenvalue weighted by atomic mass is 10.1. The van der Waals surface area contributed by atoms with Gasteiger partial charge in [-0.15, -0.1) is 0 Å². The molecule has 0 aliphatic carbocycles. The molecule has 2 N–H and O–H groups in total. The van der Waals surface area contributed by atoms with Crippen LogP contribution in [-0.4, -0.2) is 19.1 Å². The molecular formula is C20H20N2O2. The molecule has 0 aliphatic rings. The molecule has 0 saturated heterocycles. The molecule has 0 fully saturated rings. The van der Waals surface area contributed by atoms with Crippen molar-refractivity contribution in [2.45, 2.75) is 13.0 Å². The number of carbonyl (C=O) groups excluding carboxylic acids is 1. The second-order valence-corrected chi connectivity index (χ2v) is 5.65. The SMILES string of the molecule is COc1ccc(NC(C)C(=O)Nc2ccc3ccccc3c2)cc1. The zero-order valence-electron chi connectivity index (χ0n) is 13.7. The fourth-order valence-corrected chi connectivity index (χ4v) is 2.52. The Morgan fingerprint density at radius 3 is 2.29 bits per heavy atom. The number of benzene rings is 3. The fraction of sp³-hybridized carbons (Fsp3) is 0.150. The Kier molecular flexibility index (Phi) is 4.66. The zero-order chi connectivity index (χ0) is 16.9. The summed E-state index contributed by atoms with van der Waals surface area (Å²) in [5.41, 5.74) is 1.67. The Hall–Kier alpha value is -3.01. The van der Waals surface area contributed by atoms with Crippen LogP contribution < -0.4 is 15.4 Å². The molecule has 0 aromatic heterocycles. The number of fused-ring (bicyclic) bond motifs is 1. The molecule has 3 aromatic rings. The van der Waals surface area contributed by atoms with Crippen LogP contribution >= 0.6 is 0 Å². The standard InChI is InChI=1S/C20H20N2O2/c1-14(21-17-9-11-19(24-2)12-10-17)20(23)22-18-8-7-15-5-3-4-6-16(15)13-18/h3-14,21H,1-2H3,(H,22,23). The lowest BCUT2D eigenvalue weighted by Crippen LogP contribution is -2.31. The summed E-state index contributed by atoms with van der Waals surface area (Å²) in [7, 11) is 1.63. The highest BCUT2D eigenvalue weighted by Gasteiger charge is 2.13. The molecule has 0 spiro atoms. The molecule has 0 radical (unpaired) electrons. The van der Waals surface area contributed by atoms with Gasteiger partial charge >= 0.3 is 0 Å². The molecule has 1 unspecified atom stereocenters. The Morgan fingerprint density at radius 1 is 0.917 bits per heavy atom. The maximum absolute atomic E-state index is 12.4. The second kappa shape index (κ2) is 7.04. The molecule has 1 amide bonds. The summed E-state index contributed by atoms with van der Waals surface area (Å²) in [5.74, 6) is 0.704. The lowest BCUT2D eigenvalue weighted by Gasteiger charge is -2.16. The number of nitrogens with one attached hydrogen (secondary N) is 2. The molecule has 4 heteroatoms. The van der Waals surface area contributed by atoms with Crippen molar-refractivity contribution in [2.24, 2.45) is 0 Å². The van der Waals surface area contributed by atoms with Gasteiger partial charge in [0, 0.05) is 11.4 Å². The normalized spacial score (nSPS) is 11.8. The van der Waals surface area contributed by atoms with Crippen molar-refractivity contribution in [3.8, 4) is 5.75 Å². The molecule has 1 atom stereocenters. The number of anilines is 2. The van der Waals surface area contributed by atoms with Gasteiger partial charge in [0.2, 0.25) is 5.91 Å². The van der Waals surface area contributed by atoms with Crippen LogP contribution in [0.2, 0.25) is 0 Å². The van der Waals surface area contributed by atoms with E-state index in [0.717, 1.165) is 27.9 Å². The van der Waals surface area contributed by atoms with Gasteiger partial charge in [-0.3, -0.25) is 4.79 Å². The van der Waals surface area contributed by atoms with E-state index in [1.54, 1.807) is 7.11 Å². The van der Waals surface area contributed by atoms with E-state index in [1.165, 1.54) is 0 Å². The third-order valence-electron chi connectivity index (χ3n) is 3.88. The van der Waals surface area contributed by atoms with Crippen LogP contribution in [-0.2, 0) is 4.79 Å². The average molecular weight is 320 g/mol. The third-order valence-corrected chi connectivity index (χ3v) is 3.88. The molecular weight excluding hydrogens is 300 g/mol. The molecule has 0 saturated carbocycles. The summed E-state index contributed by atoms with van der Waals surface area (Å²) in [6.07, 6.45) is 0. The summed E-state index contributed by atoms with van der Waals surface area (Å²) >= 11 is 0. The molecule has 3 rings (SSSR count). The summed E-state index contributed by atoms with van der Waals surface area (Å²) in [6, 6.07) is 21.1. The van der Waals surface area contributed by atoms with Crippen molar-refractivity contribution in [1.82, 2.24) is 0 Å². The van der Waals surface area contributed by atoms with Gasteiger partial charge in [0.1, 0.15) is 11.8 Å². The van der Waals surface area contributed by atoms with Crippen molar-refractivity contribution in [1.29, 1.82) is 0 Å². The van der Waals surface area contributed by atoms with Gasteiger partial charge < -0.3 is 15.4 Å². The van der Waals surface area contributed by atoms with Gasteiger partial charge in [0.05, 0.1) is 7.11 Å². The quantitative estimate of drug-likeness (QED) is 0.737. The predicted molar refractivity (Wildman–Crippen MR) is 98.7 cm³/mol. The van der Waals surface area contributed by atoms with E-state index >= 15 is 0 Å². The Bertz CT molecular complexity index is 844. The first kappa shape index (κ1) is 15.9. The minimum atomic E-state index is -0.357. The van der Waals surface area contributed by atoms with E-state index in [1.807, 2.05) is 67.6 Å². The maximum atomic E-state index is 12.4. The zero-order valence-corrected chi connectivity index (χ0v) is 13.7. The molecule has 3 aromatic carbocycles. The summed E-state index contributed by atoms with van der Waals surface area (Å²) < 4.78 is 5.13. The summed E-state index contributed by atoms with van der Waals surface area (Å²) in [4.78, 5) is 12.4. The molecule has 0 aliphatic heterocycles. The Balaban J connectivity index is 1.66. The second-order valence-electron chi connectivity index (χ2n) is 5.65. The smallest absolute Gasteiger partial charge is 0.246 e. The van der Waals surface area contributed by atoms with Crippen molar-refractivity contribution < 1.29 is 9.53 Å². The van der Waals surface area contributed by atoms with Crippen LogP contribution in [0.15, 0.2) is 66.7 Å². The highest BCUT2D eigenvalue weighted by Crippen LogP contribution is 2.20. The number of ether oxygens (including phenoxy) is 1. The van der Waals surface area contributed by atoms with E-state index in [4.69, 9.17) is 4.74 Å². The largest absolute Gasteiger partial charge is 0.497 e. The van der Waals surface area contributed by atoms with E-state index in [2.05, 4.69) is 16.7 Å². The first-order chi connectivity index (χ1) is 11.7. The van der Waals surface area contributed by atoms with Gasteiger partial charge in [-0.1, -0.05) is 30.3 Å². The molecule has 4 nitrogen and oxygen atoms in total. The van der Waals surface area contributed by atoms with Crippen LogP contribution in [0.25, 0.3) is 10.8 Å². The minimum Gasteiger partial charge on any atom is -0.497 e. The lowest BCUT2D eigenvalue weighted by molar-refractivity contribution is -0.116. The van der Waals surface area contributed by atoms with Crippen LogP contribution in [0, 0.1) is 0 Å². The van der Waals surface area contributed by atoms with Crippen molar-refractivity contribution >= 4 is 28.1 Å². The monoisotopic (exact) mass is 320 g/mol. The van der Waals surface area contributed by atoms with Crippen LogP contribution in [0.1, 0.15) is 6.92 Å². The highest BCUT2D eigenvalue weighted by atomic mass is 16.5. The van der Waals surface area contributed by atoms with Gasteiger partial charge in [0.25, 0.3) is 0 Å². The number of rotatable bonds is 5. The number of hydrogen-bond donors (Lipinski definition) is 2. The third kappa shape index (κ3) is 3.66. The van der Waals surface area contributed by atoms with Gasteiger partial charge in [-0.25, -0.2) is 0 Å². The number of methoxy groups -OCH3 is 1. The van der Waals surface area contributed by atoms with Crippen molar-refractivity contribution in [2.75, 3.05) is 17.7 Å². The van der Waals surface area contributed by atoms with Crippen molar-refractivity contribution in [3.05, 3.63) is 66.7 Å². The Morgan fingerprint density at radius 2 is 1.58 bits per heavy atom. The van der Waals surface area contributed by atoms with Crippen LogP contribution in [0.3, 0.4) is 0 Å². The number of carbonyl (C=O) groups is 1. The van der Waals surface area contributed by atoms with E-state index in [0.29, 0.717) is 0 Å². The summed E-state index contributed by atoms with van der Waals surface area (Å²) in [6.45, 7) is 1.83.